The number of alkyl halides is 3. The second-order valence-corrected chi connectivity index (χ2v) is 7.21. The molecule has 1 fully saturated rings. The van der Waals surface area contributed by atoms with Crippen molar-refractivity contribution in [3.8, 4) is 5.75 Å². The zero-order valence-corrected chi connectivity index (χ0v) is 15.8. The van der Waals surface area contributed by atoms with Gasteiger partial charge in [0.25, 0.3) is 0 Å². The lowest BCUT2D eigenvalue weighted by molar-refractivity contribution is -0.137. The van der Waals surface area contributed by atoms with Crippen LogP contribution < -0.4 is 10.2 Å². The van der Waals surface area contributed by atoms with Gasteiger partial charge in [0.15, 0.2) is 0 Å². The van der Waals surface area contributed by atoms with E-state index in [1.807, 2.05) is 6.92 Å². The Bertz CT molecular complexity index is 881. The largest absolute Gasteiger partial charge is 0.506 e. The molecule has 28 heavy (non-hydrogen) atoms. The van der Waals surface area contributed by atoms with Gasteiger partial charge in [-0.05, 0) is 43.5 Å². The van der Waals surface area contributed by atoms with Gasteiger partial charge in [0.1, 0.15) is 11.6 Å². The summed E-state index contributed by atoms with van der Waals surface area (Å²) in [5, 5.41) is 12.6. The molecule has 0 spiro atoms. The number of phenolic OH excluding ortho intramolecular Hbond substituents is 1. The summed E-state index contributed by atoms with van der Waals surface area (Å²) in [6, 6.07) is 5.86. The standard InChI is InChI=1S/C19H19ClF3N3O2/c1-11-2-3-15(16(27)8-11)25-18(28)12-4-6-26(7-5-12)17-14(20)9-13(10-24-17)19(21,22)23/h2-3,8-10,12,27H,4-7H2,1H3,(H,25,28). The molecule has 1 aromatic carbocycles. The zero-order chi connectivity index (χ0) is 20.5. The maximum atomic E-state index is 12.7. The number of anilines is 2. The van der Waals surface area contributed by atoms with Gasteiger partial charge in [-0.25, -0.2) is 4.98 Å². The van der Waals surface area contributed by atoms with Crippen LogP contribution in [0.3, 0.4) is 0 Å². The molecule has 1 aliphatic heterocycles. The van der Waals surface area contributed by atoms with Crippen molar-refractivity contribution in [2.24, 2.45) is 5.92 Å². The third-order valence-corrected chi connectivity index (χ3v) is 5.00. The summed E-state index contributed by atoms with van der Waals surface area (Å²) in [4.78, 5) is 18.1. The highest BCUT2D eigenvalue weighted by Gasteiger charge is 2.33. The number of hydrogen-bond donors (Lipinski definition) is 2. The molecular formula is C19H19ClF3N3O2. The monoisotopic (exact) mass is 413 g/mol. The summed E-state index contributed by atoms with van der Waals surface area (Å²) < 4.78 is 38.2. The van der Waals surface area contributed by atoms with Gasteiger partial charge in [-0.15, -0.1) is 0 Å². The third kappa shape index (κ3) is 4.49. The molecule has 0 atom stereocenters. The van der Waals surface area contributed by atoms with Crippen LogP contribution in [-0.2, 0) is 11.0 Å². The Morgan fingerprint density at radius 3 is 2.54 bits per heavy atom. The topological polar surface area (TPSA) is 65.5 Å². The number of benzene rings is 1. The van der Waals surface area contributed by atoms with E-state index in [0.717, 1.165) is 17.8 Å². The lowest BCUT2D eigenvalue weighted by Crippen LogP contribution is -2.38. The number of nitrogens with zero attached hydrogens (tertiary/aromatic N) is 2. The van der Waals surface area contributed by atoms with E-state index >= 15 is 0 Å². The number of phenols is 1. The lowest BCUT2D eigenvalue weighted by atomic mass is 9.95. The van der Waals surface area contributed by atoms with Crippen LogP contribution in [-0.4, -0.2) is 29.1 Å². The van der Waals surface area contributed by atoms with Crippen molar-refractivity contribution in [1.29, 1.82) is 0 Å². The summed E-state index contributed by atoms with van der Waals surface area (Å²) in [5.74, 6) is -0.188. The summed E-state index contributed by atoms with van der Waals surface area (Å²) in [5.41, 5.74) is 0.337. The molecule has 5 nitrogen and oxygen atoms in total. The number of aryl methyl sites for hydroxylation is 1. The Hall–Kier alpha value is -2.48. The summed E-state index contributed by atoms with van der Waals surface area (Å²) in [6.07, 6.45) is -2.74. The molecule has 0 bridgehead atoms. The van der Waals surface area contributed by atoms with E-state index in [9.17, 15) is 23.1 Å². The number of aromatic hydroxyl groups is 1. The fraction of sp³-hybridized carbons (Fsp3) is 0.368. The molecule has 3 rings (SSSR count). The Morgan fingerprint density at radius 1 is 1.29 bits per heavy atom. The number of hydrogen-bond acceptors (Lipinski definition) is 4. The maximum Gasteiger partial charge on any atom is 0.417 e. The van der Waals surface area contributed by atoms with E-state index in [1.54, 1.807) is 23.1 Å². The highest BCUT2D eigenvalue weighted by atomic mass is 35.5. The molecule has 0 saturated carbocycles. The first-order valence-electron chi connectivity index (χ1n) is 8.73. The van der Waals surface area contributed by atoms with E-state index in [2.05, 4.69) is 10.3 Å². The normalized spacial score (nSPS) is 15.5. The van der Waals surface area contributed by atoms with Crippen LogP contribution in [0, 0.1) is 12.8 Å². The maximum absolute atomic E-state index is 12.7. The van der Waals surface area contributed by atoms with Crippen LogP contribution in [0.25, 0.3) is 0 Å². The van der Waals surface area contributed by atoms with Crippen molar-refractivity contribution in [1.82, 2.24) is 4.98 Å². The molecule has 1 aliphatic rings. The lowest BCUT2D eigenvalue weighted by Gasteiger charge is -2.32. The Kier molecular flexibility index (Phi) is 5.69. The third-order valence-electron chi connectivity index (χ3n) is 4.73. The number of halogens is 4. The van der Waals surface area contributed by atoms with Crippen LogP contribution in [0.2, 0.25) is 5.02 Å². The average Bonchev–Trinajstić information content (AvgIpc) is 2.63. The first kappa shape index (κ1) is 20.3. The first-order valence-corrected chi connectivity index (χ1v) is 9.11. The summed E-state index contributed by atoms with van der Waals surface area (Å²) in [7, 11) is 0. The van der Waals surface area contributed by atoms with Gasteiger partial charge >= 0.3 is 6.18 Å². The van der Waals surface area contributed by atoms with Crippen LogP contribution in [0.15, 0.2) is 30.5 Å². The van der Waals surface area contributed by atoms with Crippen molar-refractivity contribution in [2.75, 3.05) is 23.3 Å². The molecule has 150 valence electrons. The van der Waals surface area contributed by atoms with Gasteiger partial charge in [0.05, 0.1) is 16.3 Å². The minimum atomic E-state index is -4.50. The van der Waals surface area contributed by atoms with E-state index in [0.29, 0.717) is 31.6 Å². The molecule has 1 aromatic heterocycles. The minimum Gasteiger partial charge on any atom is -0.506 e. The van der Waals surface area contributed by atoms with Crippen LogP contribution in [0.1, 0.15) is 24.0 Å². The van der Waals surface area contributed by atoms with Gasteiger partial charge < -0.3 is 15.3 Å². The van der Waals surface area contributed by atoms with Crippen molar-refractivity contribution in [3.63, 3.8) is 0 Å². The summed E-state index contributed by atoms with van der Waals surface area (Å²) >= 11 is 5.99. The molecular weight excluding hydrogens is 395 g/mol. The SMILES string of the molecule is Cc1ccc(NC(=O)C2CCN(c3ncc(C(F)(F)F)cc3Cl)CC2)c(O)c1. The van der Waals surface area contributed by atoms with Crippen molar-refractivity contribution in [3.05, 3.63) is 46.6 Å². The molecule has 9 heteroatoms. The van der Waals surface area contributed by atoms with Gasteiger partial charge in [-0.3, -0.25) is 4.79 Å². The Labute approximate surface area is 165 Å². The number of nitrogens with one attached hydrogen (secondary N) is 1. The number of amides is 1. The van der Waals surface area contributed by atoms with Crippen molar-refractivity contribution in [2.45, 2.75) is 25.9 Å². The Balaban J connectivity index is 1.62. The van der Waals surface area contributed by atoms with E-state index in [1.165, 1.54) is 0 Å². The quantitative estimate of drug-likeness (QED) is 0.720. The highest BCUT2D eigenvalue weighted by Crippen LogP contribution is 2.35. The second-order valence-electron chi connectivity index (χ2n) is 6.80. The summed E-state index contributed by atoms with van der Waals surface area (Å²) in [6.45, 7) is 2.72. The predicted molar refractivity (Wildman–Crippen MR) is 101 cm³/mol. The van der Waals surface area contributed by atoms with Gasteiger partial charge in [-0.1, -0.05) is 17.7 Å². The van der Waals surface area contributed by atoms with Gasteiger partial charge in [0.2, 0.25) is 5.91 Å². The van der Waals surface area contributed by atoms with E-state index in [-0.39, 0.29) is 28.4 Å². The number of carbonyl (C=O) groups is 1. The van der Waals surface area contributed by atoms with Crippen molar-refractivity contribution < 1.29 is 23.1 Å². The fourth-order valence-corrected chi connectivity index (χ4v) is 3.44. The number of carbonyl (C=O) groups excluding carboxylic acids is 1. The average molecular weight is 414 g/mol. The van der Waals surface area contributed by atoms with E-state index in [4.69, 9.17) is 11.6 Å². The number of piperidine rings is 1. The first-order chi connectivity index (χ1) is 13.1. The minimum absolute atomic E-state index is 0.00604. The smallest absolute Gasteiger partial charge is 0.417 e. The fourth-order valence-electron chi connectivity index (χ4n) is 3.15. The van der Waals surface area contributed by atoms with Gasteiger partial charge in [-0.2, -0.15) is 13.2 Å². The van der Waals surface area contributed by atoms with Crippen LogP contribution >= 0.6 is 11.6 Å². The molecule has 2 heterocycles. The highest BCUT2D eigenvalue weighted by molar-refractivity contribution is 6.33. The van der Waals surface area contributed by atoms with Crippen LogP contribution in [0.5, 0.6) is 5.75 Å². The zero-order valence-electron chi connectivity index (χ0n) is 15.1. The molecule has 2 aromatic rings. The number of pyridine rings is 1. The molecule has 0 unspecified atom stereocenters. The van der Waals surface area contributed by atoms with Crippen LogP contribution in [0.4, 0.5) is 24.7 Å². The molecule has 0 aliphatic carbocycles. The van der Waals surface area contributed by atoms with E-state index < -0.39 is 11.7 Å². The number of aromatic nitrogens is 1. The molecule has 1 saturated heterocycles. The molecule has 2 N–H and O–H groups in total. The van der Waals surface area contributed by atoms with Crippen molar-refractivity contribution >= 4 is 29.0 Å². The Morgan fingerprint density at radius 2 is 1.96 bits per heavy atom. The second kappa shape index (κ2) is 7.87. The van der Waals surface area contributed by atoms with Gasteiger partial charge in [0, 0.05) is 25.2 Å². The molecule has 1 amide bonds. The number of rotatable bonds is 3. The predicted octanol–water partition coefficient (Wildman–Crippen LogP) is 4.62. The molecule has 0 radical (unpaired) electrons.